The lowest BCUT2D eigenvalue weighted by atomic mass is 10.1. The molecule has 0 aliphatic heterocycles. The molecule has 2 aromatic rings. The number of rotatable bonds is 3. The van der Waals surface area contributed by atoms with Crippen molar-refractivity contribution < 1.29 is 4.79 Å². The molecule has 6 heteroatoms. The summed E-state index contributed by atoms with van der Waals surface area (Å²) >= 11 is 0. The molecule has 0 unspecified atom stereocenters. The van der Waals surface area contributed by atoms with Crippen molar-refractivity contribution in [1.82, 2.24) is 20.1 Å². The Morgan fingerprint density at radius 2 is 2.35 bits per heavy atom. The van der Waals surface area contributed by atoms with Gasteiger partial charge in [-0.05, 0) is 18.6 Å². The third-order valence-corrected chi connectivity index (χ3v) is 2.70. The van der Waals surface area contributed by atoms with E-state index in [9.17, 15) is 9.59 Å². The maximum Gasteiger partial charge on any atom is 0.276 e. The van der Waals surface area contributed by atoms with E-state index in [4.69, 9.17) is 0 Å². The second-order valence-corrected chi connectivity index (χ2v) is 3.86. The highest BCUT2D eigenvalue weighted by Gasteiger charge is 2.09. The molecule has 0 fully saturated rings. The lowest BCUT2D eigenvalue weighted by Crippen LogP contribution is -2.28. The zero-order valence-corrected chi connectivity index (χ0v) is 9.78. The van der Waals surface area contributed by atoms with Gasteiger partial charge in [0, 0.05) is 18.5 Å². The van der Waals surface area contributed by atoms with Gasteiger partial charge in [-0.15, -0.1) is 0 Å². The highest BCUT2D eigenvalue weighted by Crippen LogP contribution is 2.06. The van der Waals surface area contributed by atoms with Gasteiger partial charge in [-0.3, -0.25) is 9.59 Å². The third-order valence-electron chi connectivity index (χ3n) is 2.70. The van der Waals surface area contributed by atoms with Crippen LogP contribution in [0.3, 0.4) is 0 Å². The minimum atomic E-state index is -0.172. The zero-order valence-electron chi connectivity index (χ0n) is 9.78. The number of carbonyl (C=O) groups is 1. The van der Waals surface area contributed by atoms with Gasteiger partial charge in [0.1, 0.15) is 0 Å². The number of carbonyl (C=O) groups excluding carboxylic acids is 1. The first-order valence-electron chi connectivity index (χ1n) is 5.44. The van der Waals surface area contributed by atoms with Crippen LogP contribution in [0.1, 0.15) is 24.5 Å². The Balaban J connectivity index is 2.39. The van der Waals surface area contributed by atoms with E-state index in [0.29, 0.717) is 12.0 Å². The van der Waals surface area contributed by atoms with E-state index < -0.39 is 0 Å². The molecule has 1 amide bonds. The number of hydrogen-bond acceptors (Lipinski definition) is 3. The second kappa shape index (κ2) is 4.40. The smallest absolute Gasteiger partial charge is 0.276 e. The summed E-state index contributed by atoms with van der Waals surface area (Å²) in [4.78, 5) is 23.2. The lowest BCUT2D eigenvalue weighted by molar-refractivity contribution is -0.120. The molecule has 2 aromatic heterocycles. The molecule has 0 atom stereocenters. The highest BCUT2D eigenvalue weighted by molar-refractivity contribution is 5.75. The molecule has 0 bridgehead atoms. The van der Waals surface area contributed by atoms with Crippen LogP contribution in [0.25, 0.3) is 5.52 Å². The van der Waals surface area contributed by atoms with Crippen molar-refractivity contribution in [2.75, 3.05) is 0 Å². The van der Waals surface area contributed by atoms with Gasteiger partial charge in [0.2, 0.25) is 5.91 Å². The second-order valence-electron chi connectivity index (χ2n) is 3.86. The Hall–Kier alpha value is -2.11. The molecule has 2 rings (SSSR count). The monoisotopic (exact) mass is 234 g/mol. The lowest BCUT2D eigenvalue weighted by Gasteiger charge is -2.06. The van der Waals surface area contributed by atoms with Crippen LogP contribution in [0.4, 0.5) is 0 Å². The average molecular weight is 234 g/mol. The summed E-state index contributed by atoms with van der Waals surface area (Å²) in [5.74, 6) is -0.0708. The molecule has 0 aliphatic rings. The van der Waals surface area contributed by atoms with E-state index in [0.717, 1.165) is 11.1 Å². The Kier molecular flexibility index (Phi) is 2.95. The number of amides is 1. The fraction of sp³-hybridized carbons (Fsp3) is 0.364. The summed E-state index contributed by atoms with van der Waals surface area (Å²) in [6.45, 7) is 3.87. The number of pyridine rings is 1. The molecule has 0 saturated heterocycles. The number of aromatic amines is 1. The van der Waals surface area contributed by atoms with E-state index >= 15 is 0 Å². The number of nitrogens with zero attached hydrogens (tertiary/aromatic N) is 2. The van der Waals surface area contributed by atoms with Crippen molar-refractivity contribution in [2.24, 2.45) is 0 Å². The Morgan fingerprint density at radius 1 is 1.59 bits per heavy atom. The maximum atomic E-state index is 12.1. The van der Waals surface area contributed by atoms with Gasteiger partial charge in [0.05, 0.1) is 11.7 Å². The van der Waals surface area contributed by atoms with Crippen molar-refractivity contribution in [3.05, 3.63) is 33.7 Å². The van der Waals surface area contributed by atoms with E-state index in [2.05, 4.69) is 15.6 Å². The number of hydrogen-bond donors (Lipinski definition) is 2. The summed E-state index contributed by atoms with van der Waals surface area (Å²) in [6, 6.07) is 1.86. The van der Waals surface area contributed by atoms with Crippen LogP contribution >= 0.6 is 0 Å². The molecule has 2 heterocycles. The van der Waals surface area contributed by atoms with Crippen LogP contribution in [-0.2, 0) is 11.3 Å². The maximum absolute atomic E-state index is 12.1. The van der Waals surface area contributed by atoms with E-state index in [1.807, 2.05) is 13.0 Å². The molecule has 0 aliphatic carbocycles. The Morgan fingerprint density at radius 3 is 3.06 bits per heavy atom. The van der Waals surface area contributed by atoms with Crippen molar-refractivity contribution in [1.29, 1.82) is 0 Å². The number of H-pyrrole nitrogens is 1. The first-order chi connectivity index (χ1) is 8.13. The first-order valence-corrected chi connectivity index (χ1v) is 5.44. The zero-order chi connectivity index (χ0) is 12.4. The quantitative estimate of drug-likeness (QED) is 0.804. The standard InChI is InChI=1S/C11H14N4O2/c1-3-10(16)12-6-9-7(2)4-8-5-13-14-15(8)11(9)17/h4-5,14H,3,6H2,1-2H3,(H,12,16). The SMILES string of the molecule is CCC(=O)NCc1c(C)cc2cn[nH]n2c1=O. The molecule has 6 nitrogen and oxygen atoms in total. The molecular formula is C11H14N4O2. The van der Waals surface area contributed by atoms with Gasteiger partial charge < -0.3 is 5.32 Å². The Labute approximate surface area is 97.6 Å². The van der Waals surface area contributed by atoms with Gasteiger partial charge in [0.25, 0.3) is 5.56 Å². The predicted octanol–water partition coefficient (Wildman–Crippen LogP) is 0.357. The van der Waals surface area contributed by atoms with Gasteiger partial charge in [-0.1, -0.05) is 6.92 Å². The molecule has 0 radical (unpaired) electrons. The first kappa shape index (κ1) is 11.4. The highest BCUT2D eigenvalue weighted by atomic mass is 16.1. The van der Waals surface area contributed by atoms with Crippen LogP contribution in [0.5, 0.6) is 0 Å². The fourth-order valence-corrected chi connectivity index (χ4v) is 1.67. The summed E-state index contributed by atoms with van der Waals surface area (Å²) in [5, 5.41) is 9.11. The summed E-state index contributed by atoms with van der Waals surface area (Å²) in [6.07, 6.45) is 2.00. The topological polar surface area (TPSA) is 79.3 Å². The molecule has 2 N–H and O–H groups in total. The largest absolute Gasteiger partial charge is 0.352 e. The molecule has 0 saturated carbocycles. The number of nitrogens with one attached hydrogen (secondary N) is 2. The van der Waals surface area contributed by atoms with E-state index in [1.54, 1.807) is 13.1 Å². The minimum Gasteiger partial charge on any atom is -0.352 e. The van der Waals surface area contributed by atoms with Crippen molar-refractivity contribution in [3.8, 4) is 0 Å². The van der Waals surface area contributed by atoms with Gasteiger partial charge in [-0.25, -0.2) is 9.73 Å². The van der Waals surface area contributed by atoms with E-state index in [-0.39, 0.29) is 18.0 Å². The number of aryl methyl sites for hydroxylation is 1. The summed E-state index contributed by atoms with van der Waals surface area (Å²) in [7, 11) is 0. The normalized spacial score (nSPS) is 10.7. The Bertz CT molecular complexity index is 611. The van der Waals surface area contributed by atoms with Crippen molar-refractivity contribution >= 4 is 11.4 Å². The van der Waals surface area contributed by atoms with Crippen LogP contribution in [0, 0.1) is 6.92 Å². The number of aromatic nitrogens is 3. The summed E-state index contributed by atoms with van der Waals surface area (Å²) < 4.78 is 1.36. The fourth-order valence-electron chi connectivity index (χ4n) is 1.67. The summed E-state index contributed by atoms with van der Waals surface area (Å²) in [5.41, 5.74) is 1.98. The predicted molar refractivity (Wildman–Crippen MR) is 62.7 cm³/mol. The molecular weight excluding hydrogens is 220 g/mol. The van der Waals surface area contributed by atoms with Crippen LogP contribution in [0.15, 0.2) is 17.1 Å². The number of fused-ring (bicyclic) bond motifs is 1. The van der Waals surface area contributed by atoms with Gasteiger partial charge in [-0.2, -0.15) is 5.10 Å². The molecule has 0 aromatic carbocycles. The van der Waals surface area contributed by atoms with Gasteiger partial charge >= 0.3 is 0 Å². The van der Waals surface area contributed by atoms with Crippen molar-refractivity contribution in [3.63, 3.8) is 0 Å². The van der Waals surface area contributed by atoms with Crippen LogP contribution < -0.4 is 10.9 Å². The average Bonchev–Trinajstić information content (AvgIpc) is 2.76. The molecule has 17 heavy (non-hydrogen) atoms. The molecule has 90 valence electrons. The van der Waals surface area contributed by atoms with Gasteiger partial charge in [0.15, 0.2) is 0 Å². The van der Waals surface area contributed by atoms with E-state index in [1.165, 1.54) is 4.52 Å². The van der Waals surface area contributed by atoms with Crippen molar-refractivity contribution in [2.45, 2.75) is 26.8 Å². The molecule has 0 spiro atoms. The van der Waals surface area contributed by atoms with Crippen LogP contribution in [-0.4, -0.2) is 20.7 Å². The minimum absolute atomic E-state index is 0.0708. The third kappa shape index (κ3) is 2.06. The van der Waals surface area contributed by atoms with Crippen LogP contribution in [0.2, 0.25) is 0 Å².